The van der Waals surface area contributed by atoms with Crippen molar-refractivity contribution < 1.29 is 0 Å². The van der Waals surface area contributed by atoms with Crippen LogP contribution in [0.3, 0.4) is 0 Å². The van der Waals surface area contributed by atoms with Gasteiger partial charge in [-0.05, 0) is 38.2 Å². The Morgan fingerprint density at radius 3 is 2.52 bits per heavy atom. The van der Waals surface area contributed by atoms with Crippen molar-refractivity contribution in [1.82, 2.24) is 10.3 Å². The molecule has 0 bridgehead atoms. The van der Waals surface area contributed by atoms with Gasteiger partial charge in [0.25, 0.3) is 0 Å². The Hall–Kier alpha value is -2.07. The number of hydrogen-bond donors (Lipinski definition) is 1. The van der Waals surface area contributed by atoms with Gasteiger partial charge in [-0.2, -0.15) is 0 Å². The Balaban J connectivity index is 1.93. The van der Waals surface area contributed by atoms with Gasteiger partial charge < -0.3 is 15.1 Å². The van der Waals surface area contributed by atoms with Crippen molar-refractivity contribution in [3.8, 4) is 0 Å². The maximum Gasteiger partial charge on any atom is 0.0649 e. The minimum atomic E-state index is 0.277. The van der Waals surface area contributed by atoms with E-state index in [0.717, 1.165) is 24.5 Å². The van der Waals surface area contributed by atoms with Gasteiger partial charge in [-0.15, -0.1) is 0 Å². The minimum absolute atomic E-state index is 0.277. The molecule has 110 valence electrons. The Morgan fingerprint density at radius 2 is 1.86 bits per heavy atom. The largest absolute Gasteiger partial charge is 0.371 e. The minimum Gasteiger partial charge on any atom is -0.371 e. The number of aromatic nitrogens is 1. The molecule has 1 aliphatic heterocycles. The molecular formula is C17H22N4. The van der Waals surface area contributed by atoms with Crippen molar-refractivity contribution in [2.24, 2.45) is 0 Å². The predicted octanol–water partition coefficient (Wildman–Crippen LogP) is 2.95. The molecule has 1 unspecified atom stereocenters. The van der Waals surface area contributed by atoms with Crippen LogP contribution in [0.15, 0.2) is 42.6 Å². The van der Waals surface area contributed by atoms with Crippen molar-refractivity contribution in [3.05, 3.63) is 48.3 Å². The fourth-order valence-corrected chi connectivity index (χ4v) is 2.74. The van der Waals surface area contributed by atoms with Crippen LogP contribution in [0.5, 0.6) is 0 Å². The van der Waals surface area contributed by atoms with Crippen molar-refractivity contribution in [1.29, 1.82) is 0 Å². The number of pyridine rings is 1. The second-order valence-corrected chi connectivity index (χ2v) is 5.51. The van der Waals surface area contributed by atoms with Crippen molar-refractivity contribution in [2.45, 2.75) is 13.0 Å². The molecule has 0 radical (unpaired) electrons. The van der Waals surface area contributed by atoms with Crippen LogP contribution >= 0.6 is 0 Å². The number of nitrogens with one attached hydrogen (secondary N) is 1. The van der Waals surface area contributed by atoms with E-state index >= 15 is 0 Å². The maximum absolute atomic E-state index is 4.60. The van der Waals surface area contributed by atoms with E-state index in [-0.39, 0.29) is 6.04 Å². The molecule has 3 rings (SSSR count). The molecule has 0 aliphatic carbocycles. The van der Waals surface area contributed by atoms with Crippen LogP contribution in [0.4, 0.5) is 17.1 Å². The van der Waals surface area contributed by atoms with Gasteiger partial charge in [0.05, 0.1) is 29.0 Å². The normalized spacial score (nSPS) is 15.8. The molecule has 21 heavy (non-hydrogen) atoms. The van der Waals surface area contributed by atoms with Crippen LogP contribution < -0.4 is 15.1 Å². The molecule has 2 heterocycles. The maximum atomic E-state index is 4.60. The Bertz CT molecular complexity index is 608. The molecule has 1 aromatic heterocycles. The van der Waals surface area contributed by atoms with Gasteiger partial charge in [-0.3, -0.25) is 4.98 Å². The summed E-state index contributed by atoms with van der Waals surface area (Å²) in [6, 6.07) is 13.1. The fourth-order valence-electron chi connectivity index (χ4n) is 2.74. The molecule has 0 amide bonds. The van der Waals surface area contributed by atoms with Gasteiger partial charge in [0.1, 0.15) is 0 Å². The van der Waals surface area contributed by atoms with Gasteiger partial charge in [0.2, 0.25) is 0 Å². The van der Waals surface area contributed by atoms with E-state index in [9.17, 15) is 0 Å². The SMILES string of the molecule is CNC(C)c1ccc(N2CCN(C)c3ccccc32)cn1. The van der Waals surface area contributed by atoms with Crippen LogP contribution in [-0.2, 0) is 0 Å². The fraction of sp³-hybridized carbons (Fsp3) is 0.353. The number of fused-ring (bicyclic) bond motifs is 1. The predicted molar refractivity (Wildman–Crippen MR) is 88.4 cm³/mol. The highest BCUT2D eigenvalue weighted by Crippen LogP contribution is 2.36. The molecule has 4 nitrogen and oxygen atoms in total. The van der Waals surface area contributed by atoms with Crippen molar-refractivity contribution in [3.63, 3.8) is 0 Å². The van der Waals surface area contributed by atoms with E-state index in [1.165, 1.54) is 11.4 Å². The smallest absolute Gasteiger partial charge is 0.0649 e. The first-order valence-corrected chi connectivity index (χ1v) is 7.41. The summed E-state index contributed by atoms with van der Waals surface area (Å²) in [6.45, 7) is 4.12. The van der Waals surface area contributed by atoms with Crippen molar-refractivity contribution >= 4 is 17.1 Å². The first-order valence-electron chi connectivity index (χ1n) is 7.41. The first kappa shape index (κ1) is 13.9. The van der Waals surface area contributed by atoms with Gasteiger partial charge in [-0.25, -0.2) is 0 Å². The third-order valence-electron chi connectivity index (χ3n) is 4.20. The van der Waals surface area contributed by atoms with E-state index in [1.54, 1.807) is 0 Å². The summed E-state index contributed by atoms with van der Waals surface area (Å²) in [5.41, 5.74) is 4.75. The number of benzene rings is 1. The monoisotopic (exact) mass is 282 g/mol. The summed E-state index contributed by atoms with van der Waals surface area (Å²) in [6.07, 6.45) is 1.98. The lowest BCUT2D eigenvalue weighted by atomic mass is 10.1. The van der Waals surface area contributed by atoms with Crippen LogP contribution in [0, 0.1) is 0 Å². The van der Waals surface area contributed by atoms with Gasteiger partial charge in [0.15, 0.2) is 0 Å². The zero-order chi connectivity index (χ0) is 14.8. The number of nitrogens with zero attached hydrogens (tertiary/aromatic N) is 3. The van der Waals surface area contributed by atoms with Gasteiger partial charge >= 0.3 is 0 Å². The molecule has 0 saturated carbocycles. The first-order chi connectivity index (χ1) is 10.2. The molecule has 0 fully saturated rings. The van der Waals surface area contributed by atoms with Crippen LogP contribution in [-0.4, -0.2) is 32.2 Å². The van der Waals surface area contributed by atoms with Crippen LogP contribution in [0.1, 0.15) is 18.7 Å². The number of likely N-dealkylation sites (N-methyl/N-ethyl adjacent to an activating group) is 1. The third kappa shape index (κ3) is 2.59. The molecule has 0 saturated heterocycles. The summed E-state index contributed by atoms with van der Waals surface area (Å²) in [7, 11) is 4.10. The molecule has 1 aromatic carbocycles. The molecule has 1 atom stereocenters. The molecule has 4 heteroatoms. The summed E-state index contributed by atoms with van der Waals surface area (Å²) in [5.74, 6) is 0. The highest BCUT2D eigenvalue weighted by Gasteiger charge is 2.21. The van der Waals surface area contributed by atoms with Crippen molar-refractivity contribution in [2.75, 3.05) is 37.0 Å². The zero-order valence-corrected chi connectivity index (χ0v) is 12.9. The molecule has 1 aliphatic rings. The second-order valence-electron chi connectivity index (χ2n) is 5.51. The topological polar surface area (TPSA) is 31.4 Å². The standard InChI is InChI=1S/C17H22N4/c1-13(18-2)15-9-8-14(12-19-15)21-11-10-20(3)16-6-4-5-7-17(16)21/h4-9,12-13,18H,10-11H2,1-3H3. The van der Waals surface area contributed by atoms with Gasteiger partial charge in [0, 0.05) is 26.2 Å². The summed E-state index contributed by atoms with van der Waals surface area (Å²) >= 11 is 0. The number of anilines is 3. The zero-order valence-electron chi connectivity index (χ0n) is 12.9. The number of para-hydroxylation sites is 2. The summed E-state index contributed by atoms with van der Waals surface area (Å²) in [5, 5.41) is 3.22. The average molecular weight is 282 g/mol. The third-order valence-corrected chi connectivity index (χ3v) is 4.20. The summed E-state index contributed by atoms with van der Waals surface area (Å²) < 4.78 is 0. The lowest BCUT2D eigenvalue weighted by molar-refractivity contribution is 0.633. The second kappa shape index (κ2) is 5.74. The van der Waals surface area contributed by atoms with E-state index in [1.807, 2.05) is 13.2 Å². The van der Waals surface area contributed by atoms with E-state index in [2.05, 4.69) is 70.5 Å². The lowest BCUT2D eigenvalue weighted by Crippen LogP contribution is -2.36. The molecule has 2 aromatic rings. The number of hydrogen-bond acceptors (Lipinski definition) is 4. The molecule has 1 N–H and O–H groups in total. The Labute approximate surface area is 126 Å². The highest BCUT2D eigenvalue weighted by molar-refractivity contribution is 5.78. The quantitative estimate of drug-likeness (QED) is 0.938. The summed E-state index contributed by atoms with van der Waals surface area (Å²) in [4.78, 5) is 9.24. The van der Waals surface area contributed by atoms with E-state index < -0.39 is 0 Å². The van der Waals surface area contributed by atoms with Crippen LogP contribution in [0.2, 0.25) is 0 Å². The average Bonchev–Trinajstić information content (AvgIpc) is 2.55. The highest BCUT2D eigenvalue weighted by atomic mass is 15.3. The molecular weight excluding hydrogens is 260 g/mol. The van der Waals surface area contributed by atoms with E-state index in [0.29, 0.717) is 0 Å². The van der Waals surface area contributed by atoms with E-state index in [4.69, 9.17) is 0 Å². The number of rotatable bonds is 3. The van der Waals surface area contributed by atoms with Gasteiger partial charge in [-0.1, -0.05) is 12.1 Å². The lowest BCUT2D eigenvalue weighted by Gasteiger charge is -2.36. The van der Waals surface area contributed by atoms with Crippen LogP contribution in [0.25, 0.3) is 0 Å². The Kier molecular flexibility index (Phi) is 3.80. The Morgan fingerprint density at radius 1 is 1.10 bits per heavy atom. The molecule has 0 spiro atoms.